The van der Waals surface area contributed by atoms with Crippen LogP contribution in [-0.4, -0.2) is 5.78 Å². The summed E-state index contributed by atoms with van der Waals surface area (Å²) in [5.74, 6) is 0.341. The molecule has 0 aromatic heterocycles. The molecule has 0 amide bonds. The first kappa shape index (κ1) is 15.7. The van der Waals surface area contributed by atoms with E-state index in [0.29, 0.717) is 6.42 Å². The molecule has 0 saturated carbocycles. The fourth-order valence-corrected chi connectivity index (χ4v) is 2.61. The predicted octanol–water partition coefficient (Wildman–Crippen LogP) is 5.02. The molecule has 1 unspecified atom stereocenters. The molecule has 1 nitrogen and oxygen atoms in total. The van der Waals surface area contributed by atoms with Gasteiger partial charge in [-0.1, -0.05) is 43.4 Å². The molecular weight excluding hydrogens is 232 g/mol. The second kappa shape index (κ2) is 6.70. The molecule has 0 fully saturated rings. The predicted molar refractivity (Wildman–Crippen MR) is 83.0 cm³/mol. The van der Waals surface area contributed by atoms with Crippen molar-refractivity contribution in [2.75, 3.05) is 0 Å². The van der Waals surface area contributed by atoms with Gasteiger partial charge in [0.15, 0.2) is 5.78 Å². The molecule has 19 heavy (non-hydrogen) atoms. The molecule has 0 spiro atoms. The lowest BCUT2D eigenvalue weighted by Crippen LogP contribution is -2.22. The molecule has 1 aliphatic rings. The average molecular weight is 258 g/mol. The van der Waals surface area contributed by atoms with E-state index in [4.69, 9.17) is 0 Å². The zero-order valence-electron chi connectivity index (χ0n) is 12.4. The number of allylic oxidation sites excluding steroid dienone is 5. The first-order chi connectivity index (χ1) is 8.89. The highest BCUT2D eigenvalue weighted by Crippen LogP contribution is 2.40. The van der Waals surface area contributed by atoms with Crippen LogP contribution in [0.4, 0.5) is 0 Å². The Morgan fingerprint density at radius 1 is 1.53 bits per heavy atom. The number of hydrogen-bond acceptors (Lipinski definition) is 1. The lowest BCUT2D eigenvalue weighted by atomic mass is 9.71. The molecule has 1 heteroatoms. The topological polar surface area (TPSA) is 17.1 Å². The van der Waals surface area contributed by atoms with Crippen molar-refractivity contribution in [3.63, 3.8) is 0 Å². The van der Waals surface area contributed by atoms with Crippen molar-refractivity contribution in [1.29, 1.82) is 0 Å². The van der Waals surface area contributed by atoms with Gasteiger partial charge in [-0.3, -0.25) is 4.79 Å². The zero-order chi connectivity index (χ0) is 14.5. The van der Waals surface area contributed by atoms with Crippen LogP contribution in [0.2, 0.25) is 0 Å². The van der Waals surface area contributed by atoms with Crippen LogP contribution in [0.3, 0.4) is 0 Å². The van der Waals surface area contributed by atoms with Gasteiger partial charge in [-0.2, -0.15) is 0 Å². The second-order valence-electron chi connectivity index (χ2n) is 5.98. The number of carbonyl (C=O) groups is 1. The summed E-state index contributed by atoms with van der Waals surface area (Å²) in [6.07, 6.45) is 10.1. The van der Waals surface area contributed by atoms with Crippen LogP contribution in [0.15, 0.2) is 49.1 Å². The van der Waals surface area contributed by atoms with Gasteiger partial charge < -0.3 is 0 Å². The fraction of sp³-hybridized carbons (Fsp3) is 0.500. The van der Waals surface area contributed by atoms with Crippen LogP contribution in [-0.2, 0) is 4.79 Å². The minimum Gasteiger partial charge on any atom is -0.295 e. The van der Waals surface area contributed by atoms with Gasteiger partial charge in [-0.15, -0.1) is 6.58 Å². The third kappa shape index (κ3) is 4.34. The SMILES string of the molecule is C=C[C@@H]1CC(C)(C(=C)C)CCC/C=C/C(=O)CC1=C. The van der Waals surface area contributed by atoms with Gasteiger partial charge in [0.25, 0.3) is 0 Å². The maximum atomic E-state index is 11.8. The maximum absolute atomic E-state index is 11.8. The molecule has 0 aromatic carbocycles. The summed E-state index contributed by atoms with van der Waals surface area (Å²) >= 11 is 0. The fourth-order valence-electron chi connectivity index (χ4n) is 2.61. The van der Waals surface area contributed by atoms with E-state index in [2.05, 4.69) is 33.6 Å². The van der Waals surface area contributed by atoms with E-state index in [-0.39, 0.29) is 17.1 Å². The van der Waals surface area contributed by atoms with Crippen molar-refractivity contribution in [2.45, 2.75) is 46.0 Å². The summed E-state index contributed by atoms with van der Waals surface area (Å²) in [7, 11) is 0. The Morgan fingerprint density at radius 2 is 2.21 bits per heavy atom. The molecule has 0 heterocycles. The Morgan fingerprint density at radius 3 is 2.79 bits per heavy atom. The summed E-state index contributed by atoms with van der Waals surface area (Å²) in [4.78, 5) is 11.8. The molecule has 0 radical (unpaired) electrons. The molecule has 0 saturated heterocycles. The molecule has 2 atom stereocenters. The Kier molecular flexibility index (Phi) is 5.53. The minimum absolute atomic E-state index is 0.100. The van der Waals surface area contributed by atoms with Crippen molar-refractivity contribution in [1.82, 2.24) is 0 Å². The third-order valence-electron chi connectivity index (χ3n) is 4.31. The lowest BCUT2D eigenvalue weighted by Gasteiger charge is -2.34. The highest BCUT2D eigenvalue weighted by Gasteiger charge is 2.29. The van der Waals surface area contributed by atoms with E-state index in [0.717, 1.165) is 31.3 Å². The van der Waals surface area contributed by atoms with Gasteiger partial charge in [0.2, 0.25) is 0 Å². The van der Waals surface area contributed by atoms with Crippen LogP contribution in [0.1, 0.15) is 46.0 Å². The first-order valence-corrected chi connectivity index (χ1v) is 7.04. The van der Waals surface area contributed by atoms with Gasteiger partial charge in [0.1, 0.15) is 0 Å². The summed E-state index contributed by atoms with van der Waals surface area (Å²) in [6.45, 7) is 16.5. The van der Waals surface area contributed by atoms with Crippen molar-refractivity contribution < 1.29 is 4.79 Å². The molecule has 0 bridgehead atoms. The van der Waals surface area contributed by atoms with Gasteiger partial charge in [-0.05, 0) is 50.0 Å². The van der Waals surface area contributed by atoms with Crippen molar-refractivity contribution in [3.8, 4) is 0 Å². The van der Waals surface area contributed by atoms with Crippen LogP contribution in [0.25, 0.3) is 0 Å². The standard InChI is InChI=1S/C18H26O/c1-6-16-13-18(5,14(2)3)11-9-7-8-10-17(19)12-15(16)4/h6,8,10,16H,1-2,4,7,9,11-13H2,3,5H3/b10-8+/t16-,18?/m1/s1. The Labute approximate surface area is 117 Å². The minimum atomic E-state index is 0.100. The van der Waals surface area contributed by atoms with Crippen LogP contribution in [0, 0.1) is 11.3 Å². The molecule has 0 aromatic rings. The summed E-state index contributed by atoms with van der Waals surface area (Å²) in [5, 5.41) is 0. The number of rotatable bonds is 2. The van der Waals surface area contributed by atoms with Gasteiger partial charge in [0, 0.05) is 6.42 Å². The molecular formula is C18H26O. The summed E-state index contributed by atoms with van der Waals surface area (Å²) in [5.41, 5.74) is 2.28. The number of carbonyl (C=O) groups excluding carboxylic acids is 1. The highest BCUT2D eigenvalue weighted by molar-refractivity contribution is 5.91. The highest BCUT2D eigenvalue weighted by atomic mass is 16.1. The second-order valence-corrected chi connectivity index (χ2v) is 5.98. The number of ketones is 1. The normalized spacial score (nSPS) is 31.4. The third-order valence-corrected chi connectivity index (χ3v) is 4.31. The van der Waals surface area contributed by atoms with Crippen molar-refractivity contribution in [3.05, 3.63) is 49.1 Å². The van der Waals surface area contributed by atoms with Crippen LogP contribution < -0.4 is 0 Å². The van der Waals surface area contributed by atoms with Crippen molar-refractivity contribution >= 4 is 5.78 Å². The summed E-state index contributed by atoms with van der Waals surface area (Å²) in [6, 6.07) is 0. The van der Waals surface area contributed by atoms with E-state index in [1.165, 1.54) is 5.57 Å². The average Bonchev–Trinajstić information content (AvgIpc) is 2.36. The largest absolute Gasteiger partial charge is 0.295 e. The molecule has 1 rings (SSSR count). The van der Waals surface area contributed by atoms with Crippen molar-refractivity contribution in [2.24, 2.45) is 11.3 Å². The van der Waals surface area contributed by atoms with E-state index in [1.54, 1.807) is 6.08 Å². The van der Waals surface area contributed by atoms with Gasteiger partial charge in [0.05, 0.1) is 0 Å². The quantitative estimate of drug-likeness (QED) is 0.636. The van der Waals surface area contributed by atoms with Crippen LogP contribution in [0.5, 0.6) is 0 Å². The Hall–Kier alpha value is -1.37. The van der Waals surface area contributed by atoms with Gasteiger partial charge in [-0.25, -0.2) is 0 Å². The summed E-state index contributed by atoms with van der Waals surface area (Å²) < 4.78 is 0. The maximum Gasteiger partial charge on any atom is 0.159 e. The molecule has 0 aliphatic heterocycles. The lowest BCUT2D eigenvalue weighted by molar-refractivity contribution is -0.114. The van der Waals surface area contributed by atoms with E-state index < -0.39 is 0 Å². The molecule has 1 aliphatic carbocycles. The molecule has 0 N–H and O–H groups in total. The Bertz CT molecular complexity index is 413. The smallest absolute Gasteiger partial charge is 0.159 e. The van der Waals surface area contributed by atoms with E-state index in [1.807, 2.05) is 12.2 Å². The first-order valence-electron chi connectivity index (χ1n) is 7.04. The van der Waals surface area contributed by atoms with Crippen LogP contribution >= 0.6 is 0 Å². The zero-order valence-corrected chi connectivity index (χ0v) is 12.4. The van der Waals surface area contributed by atoms with E-state index in [9.17, 15) is 4.79 Å². The van der Waals surface area contributed by atoms with E-state index >= 15 is 0 Å². The van der Waals surface area contributed by atoms with Gasteiger partial charge >= 0.3 is 0 Å². The molecule has 104 valence electrons. The Balaban J connectivity index is 3.00. The number of hydrogen-bond donors (Lipinski definition) is 0. The monoisotopic (exact) mass is 258 g/mol.